The summed E-state index contributed by atoms with van der Waals surface area (Å²) in [7, 11) is 1.77. The summed E-state index contributed by atoms with van der Waals surface area (Å²) in [5.74, 6) is -2.13. The van der Waals surface area contributed by atoms with Crippen LogP contribution in [0.5, 0.6) is 0 Å². The molecular formula is C13H18N4O4. The number of carbonyl (C=O) groups excluding carboxylic acids is 2. The second-order valence-corrected chi connectivity index (χ2v) is 4.35. The lowest BCUT2D eigenvalue weighted by atomic mass is 10.1. The van der Waals surface area contributed by atoms with Crippen LogP contribution in [0, 0.1) is 0 Å². The van der Waals surface area contributed by atoms with Crippen molar-refractivity contribution < 1.29 is 19.5 Å². The van der Waals surface area contributed by atoms with E-state index in [1.165, 1.54) is 0 Å². The van der Waals surface area contributed by atoms with E-state index in [0.29, 0.717) is 12.2 Å². The Morgan fingerprint density at radius 2 is 1.95 bits per heavy atom. The molecule has 0 bridgehead atoms. The molecule has 1 rings (SSSR count). The summed E-state index contributed by atoms with van der Waals surface area (Å²) in [5.41, 5.74) is 6.33. The van der Waals surface area contributed by atoms with Crippen LogP contribution in [0.2, 0.25) is 0 Å². The van der Waals surface area contributed by atoms with Crippen LogP contribution >= 0.6 is 0 Å². The van der Waals surface area contributed by atoms with Gasteiger partial charge in [-0.05, 0) is 18.7 Å². The SMILES string of the molecule is CNCc1ccccc1NC(=O)NC(CC(N)=O)C(=O)O. The number of para-hydroxylation sites is 1. The Morgan fingerprint density at radius 3 is 2.52 bits per heavy atom. The highest BCUT2D eigenvalue weighted by Gasteiger charge is 2.22. The van der Waals surface area contributed by atoms with E-state index in [1.54, 1.807) is 19.2 Å². The van der Waals surface area contributed by atoms with Crippen molar-refractivity contribution in [2.45, 2.75) is 19.0 Å². The van der Waals surface area contributed by atoms with Gasteiger partial charge in [-0.25, -0.2) is 9.59 Å². The highest BCUT2D eigenvalue weighted by molar-refractivity contribution is 5.94. The number of benzene rings is 1. The molecule has 0 saturated carbocycles. The van der Waals surface area contributed by atoms with Gasteiger partial charge in [0.2, 0.25) is 5.91 Å². The van der Waals surface area contributed by atoms with Gasteiger partial charge in [-0.1, -0.05) is 18.2 Å². The highest BCUT2D eigenvalue weighted by Crippen LogP contribution is 2.14. The van der Waals surface area contributed by atoms with Gasteiger partial charge < -0.3 is 26.8 Å². The van der Waals surface area contributed by atoms with Crippen molar-refractivity contribution in [1.29, 1.82) is 0 Å². The van der Waals surface area contributed by atoms with Crippen molar-refractivity contribution in [2.75, 3.05) is 12.4 Å². The molecule has 0 aliphatic carbocycles. The lowest BCUT2D eigenvalue weighted by Gasteiger charge is -2.15. The molecule has 0 saturated heterocycles. The van der Waals surface area contributed by atoms with Crippen LogP contribution in [-0.4, -0.2) is 36.1 Å². The number of carboxylic acids is 1. The van der Waals surface area contributed by atoms with Crippen LogP contribution in [-0.2, 0) is 16.1 Å². The number of hydrogen-bond donors (Lipinski definition) is 5. The van der Waals surface area contributed by atoms with E-state index in [9.17, 15) is 14.4 Å². The zero-order chi connectivity index (χ0) is 15.8. The minimum Gasteiger partial charge on any atom is -0.480 e. The average molecular weight is 294 g/mol. The number of urea groups is 1. The zero-order valence-corrected chi connectivity index (χ0v) is 11.6. The highest BCUT2D eigenvalue weighted by atomic mass is 16.4. The molecule has 0 aliphatic heterocycles. The number of nitrogens with one attached hydrogen (secondary N) is 3. The van der Waals surface area contributed by atoms with E-state index >= 15 is 0 Å². The first-order chi connectivity index (χ1) is 9.93. The third-order valence-corrected chi connectivity index (χ3v) is 2.64. The number of nitrogens with two attached hydrogens (primary N) is 1. The van der Waals surface area contributed by atoms with E-state index in [1.807, 2.05) is 12.1 Å². The second kappa shape index (κ2) is 7.85. The number of hydrogen-bond acceptors (Lipinski definition) is 4. The van der Waals surface area contributed by atoms with Crippen LogP contribution in [0.25, 0.3) is 0 Å². The second-order valence-electron chi connectivity index (χ2n) is 4.35. The summed E-state index contributed by atoms with van der Waals surface area (Å²) in [4.78, 5) is 33.5. The van der Waals surface area contributed by atoms with E-state index in [0.717, 1.165) is 5.56 Å². The fourth-order valence-corrected chi connectivity index (χ4v) is 1.70. The quantitative estimate of drug-likeness (QED) is 0.477. The van der Waals surface area contributed by atoms with Crippen molar-refractivity contribution in [2.24, 2.45) is 5.73 Å². The molecule has 8 nitrogen and oxygen atoms in total. The van der Waals surface area contributed by atoms with Gasteiger partial charge in [0.1, 0.15) is 6.04 Å². The maximum Gasteiger partial charge on any atom is 0.326 e. The van der Waals surface area contributed by atoms with Gasteiger partial charge in [-0.2, -0.15) is 0 Å². The van der Waals surface area contributed by atoms with Gasteiger partial charge in [-0.3, -0.25) is 4.79 Å². The number of amides is 3. The lowest BCUT2D eigenvalue weighted by Crippen LogP contribution is -2.45. The van der Waals surface area contributed by atoms with Crippen LogP contribution in [0.4, 0.5) is 10.5 Å². The molecule has 3 amide bonds. The predicted octanol–water partition coefficient (Wildman–Crippen LogP) is -0.144. The van der Waals surface area contributed by atoms with Crippen molar-refractivity contribution in [3.8, 4) is 0 Å². The summed E-state index contributed by atoms with van der Waals surface area (Å²) in [6.45, 7) is 0.542. The molecule has 21 heavy (non-hydrogen) atoms. The molecule has 114 valence electrons. The smallest absolute Gasteiger partial charge is 0.326 e. The summed E-state index contributed by atoms with van der Waals surface area (Å²) < 4.78 is 0. The molecule has 0 fully saturated rings. The minimum absolute atomic E-state index is 0.471. The van der Waals surface area contributed by atoms with E-state index < -0.39 is 30.4 Å². The number of aliphatic carboxylic acids is 1. The van der Waals surface area contributed by atoms with Crippen molar-refractivity contribution in [1.82, 2.24) is 10.6 Å². The number of rotatable bonds is 7. The summed E-state index contributed by atoms with van der Waals surface area (Å²) in [6.07, 6.45) is -0.471. The van der Waals surface area contributed by atoms with Crippen LogP contribution in [0.15, 0.2) is 24.3 Å². The topological polar surface area (TPSA) is 134 Å². The molecule has 0 radical (unpaired) electrons. The minimum atomic E-state index is -1.36. The standard InChI is InChI=1S/C13H18N4O4/c1-15-7-8-4-2-3-5-9(8)16-13(21)17-10(12(19)20)6-11(14)18/h2-5,10,15H,6-7H2,1H3,(H2,14,18)(H,19,20)(H2,16,17,21). The third kappa shape index (κ3) is 5.49. The predicted molar refractivity (Wildman–Crippen MR) is 76.6 cm³/mol. The molecule has 1 aromatic rings. The van der Waals surface area contributed by atoms with Crippen LogP contribution in [0.1, 0.15) is 12.0 Å². The van der Waals surface area contributed by atoms with Gasteiger partial charge in [0.05, 0.1) is 6.42 Å². The molecule has 0 aliphatic rings. The fourth-order valence-electron chi connectivity index (χ4n) is 1.70. The zero-order valence-electron chi connectivity index (χ0n) is 11.6. The van der Waals surface area contributed by atoms with Gasteiger partial charge in [0.25, 0.3) is 0 Å². The Kier molecular flexibility index (Phi) is 6.15. The number of primary amides is 1. The molecule has 8 heteroatoms. The lowest BCUT2D eigenvalue weighted by molar-refractivity contribution is -0.140. The van der Waals surface area contributed by atoms with Gasteiger partial charge in [0, 0.05) is 12.2 Å². The first-order valence-electron chi connectivity index (χ1n) is 6.25. The molecule has 1 aromatic carbocycles. The maximum atomic E-state index is 11.8. The van der Waals surface area contributed by atoms with Crippen LogP contribution < -0.4 is 21.7 Å². The Bertz CT molecular complexity index is 533. The van der Waals surface area contributed by atoms with Crippen molar-refractivity contribution >= 4 is 23.6 Å². The third-order valence-electron chi connectivity index (χ3n) is 2.64. The Labute approximate surface area is 121 Å². The Hall–Kier alpha value is -2.61. The number of carboxylic acid groups (broad SMARTS) is 1. The monoisotopic (exact) mass is 294 g/mol. The molecule has 1 unspecified atom stereocenters. The number of carbonyl (C=O) groups is 3. The molecule has 0 spiro atoms. The first kappa shape index (κ1) is 16.4. The molecular weight excluding hydrogens is 276 g/mol. The Balaban J connectivity index is 2.72. The molecule has 1 atom stereocenters. The average Bonchev–Trinajstić information content (AvgIpc) is 2.40. The van der Waals surface area contributed by atoms with Gasteiger partial charge in [0.15, 0.2) is 0 Å². The fraction of sp³-hybridized carbons (Fsp3) is 0.308. The van der Waals surface area contributed by atoms with Gasteiger partial charge in [-0.15, -0.1) is 0 Å². The molecule has 6 N–H and O–H groups in total. The summed E-state index contributed by atoms with van der Waals surface area (Å²) in [6, 6.07) is 5.00. The summed E-state index contributed by atoms with van der Waals surface area (Å²) in [5, 5.41) is 16.6. The largest absolute Gasteiger partial charge is 0.480 e. The van der Waals surface area contributed by atoms with E-state index in [2.05, 4.69) is 16.0 Å². The molecule has 0 heterocycles. The maximum absolute atomic E-state index is 11.8. The van der Waals surface area contributed by atoms with Gasteiger partial charge >= 0.3 is 12.0 Å². The van der Waals surface area contributed by atoms with E-state index in [-0.39, 0.29) is 0 Å². The van der Waals surface area contributed by atoms with Crippen molar-refractivity contribution in [3.05, 3.63) is 29.8 Å². The van der Waals surface area contributed by atoms with Crippen molar-refractivity contribution in [3.63, 3.8) is 0 Å². The Morgan fingerprint density at radius 1 is 1.29 bits per heavy atom. The molecule has 0 aromatic heterocycles. The first-order valence-corrected chi connectivity index (χ1v) is 6.25. The van der Waals surface area contributed by atoms with E-state index in [4.69, 9.17) is 10.8 Å². The normalized spacial score (nSPS) is 11.5. The van der Waals surface area contributed by atoms with Crippen LogP contribution in [0.3, 0.4) is 0 Å². The summed E-state index contributed by atoms with van der Waals surface area (Å²) >= 11 is 0. The number of anilines is 1.